The molecule has 0 aromatic carbocycles. The molecule has 2 heteroatoms. The van der Waals surface area contributed by atoms with Crippen LogP contribution in [-0.2, 0) is 4.74 Å². The Hall–Kier alpha value is -0.0800. The summed E-state index contributed by atoms with van der Waals surface area (Å²) < 4.78 is 5.60. The van der Waals surface area contributed by atoms with Gasteiger partial charge in [-0.05, 0) is 52.1 Å². The highest BCUT2D eigenvalue weighted by Crippen LogP contribution is 2.00. The fourth-order valence-electron chi connectivity index (χ4n) is 1.23. The lowest BCUT2D eigenvalue weighted by Gasteiger charge is -2.10. The minimum atomic E-state index is 0.438. The normalized spacial score (nSPS) is 13.1. The third kappa shape index (κ3) is 10.0. The number of hydrogen-bond acceptors (Lipinski definition) is 2. The van der Waals surface area contributed by atoms with Gasteiger partial charge in [0.15, 0.2) is 0 Å². The SMILES string of the molecule is CCCNCCCCCOC(C)CC. The van der Waals surface area contributed by atoms with E-state index in [1.807, 2.05) is 0 Å². The van der Waals surface area contributed by atoms with Crippen LogP contribution in [0.15, 0.2) is 0 Å². The standard InChI is InChI=1S/C12H27NO/c1-4-9-13-10-7-6-8-11-14-12(3)5-2/h12-13H,4-11H2,1-3H3. The van der Waals surface area contributed by atoms with Crippen molar-refractivity contribution >= 4 is 0 Å². The molecule has 0 radical (unpaired) electrons. The lowest BCUT2D eigenvalue weighted by Crippen LogP contribution is -2.16. The van der Waals surface area contributed by atoms with Crippen LogP contribution in [0.5, 0.6) is 0 Å². The van der Waals surface area contributed by atoms with Crippen molar-refractivity contribution in [3.8, 4) is 0 Å². The summed E-state index contributed by atoms with van der Waals surface area (Å²) >= 11 is 0. The molecular weight excluding hydrogens is 174 g/mol. The zero-order valence-corrected chi connectivity index (χ0v) is 10.1. The van der Waals surface area contributed by atoms with Crippen molar-refractivity contribution in [1.29, 1.82) is 0 Å². The molecule has 0 bridgehead atoms. The highest BCUT2D eigenvalue weighted by Gasteiger charge is 1.96. The first kappa shape index (κ1) is 13.9. The van der Waals surface area contributed by atoms with Gasteiger partial charge in [0.1, 0.15) is 0 Å². The molecule has 2 nitrogen and oxygen atoms in total. The molecule has 0 spiro atoms. The molecule has 86 valence electrons. The van der Waals surface area contributed by atoms with Gasteiger partial charge >= 0.3 is 0 Å². The Morgan fingerprint density at radius 1 is 1.07 bits per heavy atom. The zero-order valence-electron chi connectivity index (χ0n) is 10.1. The predicted octanol–water partition coefficient (Wildman–Crippen LogP) is 2.97. The van der Waals surface area contributed by atoms with E-state index < -0.39 is 0 Å². The molecule has 0 saturated heterocycles. The summed E-state index contributed by atoms with van der Waals surface area (Å²) in [5.41, 5.74) is 0. The van der Waals surface area contributed by atoms with E-state index >= 15 is 0 Å². The predicted molar refractivity (Wildman–Crippen MR) is 62.7 cm³/mol. The minimum Gasteiger partial charge on any atom is -0.379 e. The van der Waals surface area contributed by atoms with E-state index in [4.69, 9.17) is 4.74 Å². The maximum Gasteiger partial charge on any atom is 0.0544 e. The Morgan fingerprint density at radius 3 is 2.50 bits per heavy atom. The molecule has 0 saturated carbocycles. The molecule has 0 aliphatic heterocycles. The number of nitrogens with one attached hydrogen (secondary N) is 1. The van der Waals surface area contributed by atoms with E-state index in [1.54, 1.807) is 0 Å². The number of ether oxygens (including phenoxy) is 1. The third-order valence-corrected chi connectivity index (χ3v) is 2.40. The third-order valence-electron chi connectivity index (χ3n) is 2.40. The second-order valence-corrected chi connectivity index (χ2v) is 3.90. The van der Waals surface area contributed by atoms with Gasteiger partial charge in [-0.15, -0.1) is 0 Å². The molecule has 0 heterocycles. The summed E-state index contributed by atoms with van der Waals surface area (Å²) in [6.45, 7) is 9.76. The quantitative estimate of drug-likeness (QED) is 0.549. The van der Waals surface area contributed by atoms with Gasteiger partial charge in [-0.1, -0.05) is 13.8 Å². The Morgan fingerprint density at radius 2 is 1.86 bits per heavy atom. The largest absolute Gasteiger partial charge is 0.379 e. The molecule has 1 atom stereocenters. The van der Waals surface area contributed by atoms with Crippen LogP contribution in [0.3, 0.4) is 0 Å². The van der Waals surface area contributed by atoms with Crippen LogP contribution in [0, 0.1) is 0 Å². The molecule has 1 N–H and O–H groups in total. The average Bonchev–Trinajstić information content (AvgIpc) is 2.21. The van der Waals surface area contributed by atoms with Gasteiger partial charge in [0.25, 0.3) is 0 Å². The van der Waals surface area contributed by atoms with Gasteiger partial charge in [-0.2, -0.15) is 0 Å². The summed E-state index contributed by atoms with van der Waals surface area (Å²) in [5, 5.41) is 3.41. The van der Waals surface area contributed by atoms with Crippen molar-refractivity contribution in [2.24, 2.45) is 0 Å². The second-order valence-electron chi connectivity index (χ2n) is 3.90. The fraction of sp³-hybridized carbons (Fsp3) is 1.00. The van der Waals surface area contributed by atoms with Gasteiger partial charge in [-0.25, -0.2) is 0 Å². The van der Waals surface area contributed by atoms with Gasteiger partial charge in [-0.3, -0.25) is 0 Å². The summed E-state index contributed by atoms with van der Waals surface area (Å²) in [4.78, 5) is 0. The van der Waals surface area contributed by atoms with E-state index in [9.17, 15) is 0 Å². The maximum absolute atomic E-state index is 5.60. The molecule has 0 aliphatic carbocycles. The Balaban J connectivity index is 2.92. The fourth-order valence-corrected chi connectivity index (χ4v) is 1.23. The lowest BCUT2D eigenvalue weighted by molar-refractivity contribution is 0.0609. The van der Waals surface area contributed by atoms with E-state index in [0.29, 0.717) is 6.10 Å². The molecule has 1 unspecified atom stereocenters. The molecular formula is C12H27NO. The van der Waals surface area contributed by atoms with E-state index in [1.165, 1.54) is 25.7 Å². The molecule has 0 rings (SSSR count). The van der Waals surface area contributed by atoms with Crippen molar-refractivity contribution in [2.45, 2.75) is 59.0 Å². The van der Waals surface area contributed by atoms with Crippen LogP contribution < -0.4 is 5.32 Å². The number of rotatable bonds is 10. The number of hydrogen-bond donors (Lipinski definition) is 1. The summed E-state index contributed by atoms with van der Waals surface area (Å²) in [6, 6.07) is 0. The monoisotopic (exact) mass is 201 g/mol. The van der Waals surface area contributed by atoms with E-state index in [-0.39, 0.29) is 0 Å². The molecule has 0 aromatic rings. The molecule has 0 amide bonds. The van der Waals surface area contributed by atoms with Crippen molar-refractivity contribution < 1.29 is 4.74 Å². The van der Waals surface area contributed by atoms with Gasteiger partial charge in [0, 0.05) is 6.61 Å². The molecule has 14 heavy (non-hydrogen) atoms. The van der Waals surface area contributed by atoms with Crippen LogP contribution in [-0.4, -0.2) is 25.8 Å². The van der Waals surface area contributed by atoms with Gasteiger partial charge in [0.05, 0.1) is 6.10 Å². The van der Waals surface area contributed by atoms with Gasteiger partial charge < -0.3 is 10.1 Å². The maximum atomic E-state index is 5.60. The van der Waals surface area contributed by atoms with Crippen LogP contribution in [0.2, 0.25) is 0 Å². The Kier molecular flexibility index (Phi) is 10.9. The Labute approximate surface area is 89.4 Å². The van der Waals surface area contributed by atoms with Crippen molar-refractivity contribution in [2.75, 3.05) is 19.7 Å². The molecule has 0 fully saturated rings. The van der Waals surface area contributed by atoms with Crippen LogP contribution >= 0.6 is 0 Å². The second kappa shape index (κ2) is 11.0. The summed E-state index contributed by atoms with van der Waals surface area (Å²) in [5.74, 6) is 0. The molecule has 0 aromatic heterocycles. The molecule has 0 aliphatic rings. The highest BCUT2D eigenvalue weighted by atomic mass is 16.5. The van der Waals surface area contributed by atoms with Crippen LogP contribution in [0.25, 0.3) is 0 Å². The first-order valence-corrected chi connectivity index (χ1v) is 6.13. The van der Waals surface area contributed by atoms with Crippen molar-refractivity contribution in [3.05, 3.63) is 0 Å². The summed E-state index contributed by atoms with van der Waals surface area (Å²) in [7, 11) is 0. The van der Waals surface area contributed by atoms with Crippen LogP contribution in [0.4, 0.5) is 0 Å². The van der Waals surface area contributed by atoms with Gasteiger partial charge in [0.2, 0.25) is 0 Å². The topological polar surface area (TPSA) is 21.3 Å². The van der Waals surface area contributed by atoms with E-state index in [0.717, 1.165) is 26.1 Å². The van der Waals surface area contributed by atoms with Crippen molar-refractivity contribution in [3.63, 3.8) is 0 Å². The van der Waals surface area contributed by atoms with Crippen molar-refractivity contribution in [1.82, 2.24) is 5.32 Å². The highest BCUT2D eigenvalue weighted by molar-refractivity contribution is 4.49. The summed E-state index contributed by atoms with van der Waals surface area (Å²) in [6.07, 6.45) is 6.57. The Bertz CT molecular complexity index is 106. The number of unbranched alkanes of at least 4 members (excludes halogenated alkanes) is 2. The first-order valence-electron chi connectivity index (χ1n) is 6.13. The average molecular weight is 201 g/mol. The lowest BCUT2D eigenvalue weighted by atomic mass is 10.2. The first-order chi connectivity index (χ1) is 6.81. The van der Waals surface area contributed by atoms with E-state index in [2.05, 4.69) is 26.1 Å². The smallest absolute Gasteiger partial charge is 0.0544 e. The van der Waals surface area contributed by atoms with Crippen LogP contribution in [0.1, 0.15) is 52.9 Å². The minimum absolute atomic E-state index is 0.438. The zero-order chi connectivity index (χ0) is 10.6.